The van der Waals surface area contributed by atoms with Crippen LogP contribution >= 0.6 is 0 Å². The summed E-state index contributed by atoms with van der Waals surface area (Å²) in [6.07, 6.45) is 0.783. The van der Waals surface area contributed by atoms with E-state index in [9.17, 15) is 4.79 Å². The van der Waals surface area contributed by atoms with Crippen molar-refractivity contribution < 1.29 is 14.3 Å². The molecule has 0 saturated carbocycles. The second kappa shape index (κ2) is 13.4. The first kappa shape index (κ1) is 25.2. The summed E-state index contributed by atoms with van der Waals surface area (Å²) < 4.78 is 11.3. The molecule has 7 heteroatoms. The maximum atomic E-state index is 12.2. The van der Waals surface area contributed by atoms with Gasteiger partial charge in [-0.05, 0) is 49.6 Å². The van der Waals surface area contributed by atoms with Gasteiger partial charge in [0.1, 0.15) is 12.4 Å². The molecule has 32 heavy (non-hydrogen) atoms. The van der Waals surface area contributed by atoms with Gasteiger partial charge in [0.15, 0.2) is 5.96 Å². The van der Waals surface area contributed by atoms with Gasteiger partial charge in [-0.25, -0.2) is 0 Å². The number of rotatable bonds is 11. The summed E-state index contributed by atoms with van der Waals surface area (Å²) in [5, 5.41) is 6.68. The highest BCUT2D eigenvalue weighted by Gasteiger charge is 2.09. The monoisotopic (exact) mass is 440 g/mol. The molecule has 0 heterocycles. The number of nitrogens with one attached hydrogen (secondary N) is 2. The van der Waals surface area contributed by atoms with Crippen LogP contribution in [-0.2, 0) is 17.7 Å². The van der Waals surface area contributed by atoms with Gasteiger partial charge in [-0.3, -0.25) is 9.79 Å². The molecular weight excluding hydrogens is 404 g/mol. The minimum atomic E-state index is 0.00895. The number of amides is 1. The number of aryl methyl sites for hydroxylation is 1. The number of carbonyl (C=O) groups excluding carboxylic acids is 1. The molecule has 2 rings (SSSR count). The number of guanidine groups is 1. The molecule has 0 spiro atoms. The third-order valence-electron chi connectivity index (χ3n) is 4.87. The van der Waals surface area contributed by atoms with Crippen LogP contribution < -0.4 is 15.4 Å². The minimum absolute atomic E-state index is 0.00895. The van der Waals surface area contributed by atoms with Gasteiger partial charge >= 0.3 is 0 Å². The summed E-state index contributed by atoms with van der Waals surface area (Å²) in [6, 6.07) is 13.9. The molecule has 0 aromatic heterocycles. The molecule has 1 amide bonds. The quantitative estimate of drug-likeness (QED) is 0.319. The van der Waals surface area contributed by atoms with Crippen LogP contribution in [0.25, 0.3) is 0 Å². The van der Waals surface area contributed by atoms with Crippen LogP contribution in [0.1, 0.15) is 34.0 Å². The van der Waals surface area contributed by atoms with E-state index in [1.54, 1.807) is 26.0 Å². The molecule has 0 aliphatic heterocycles. The summed E-state index contributed by atoms with van der Waals surface area (Å²) in [6.45, 7) is 7.09. The number of benzene rings is 2. The van der Waals surface area contributed by atoms with Crippen LogP contribution in [0.3, 0.4) is 0 Å². The van der Waals surface area contributed by atoms with E-state index in [4.69, 9.17) is 9.47 Å². The van der Waals surface area contributed by atoms with Gasteiger partial charge in [0.25, 0.3) is 5.91 Å². The Morgan fingerprint density at radius 1 is 1.09 bits per heavy atom. The lowest BCUT2D eigenvalue weighted by atomic mass is 10.1. The lowest BCUT2D eigenvalue weighted by Gasteiger charge is -2.16. The molecule has 2 aromatic carbocycles. The fraction of sp³-hybridized carbons (Fsp3) is 0.440. The molecule has 174 valence electrons. The van der Waals surface area contributed by atoms with E-state index in [-0.39, 0.29) is 5.91 Å². The zero-order valence-corrected chi connectivity index (χ0v) is 19.9. The van der Waals surface area contributed by atoms with Crippen molar-refractivity contribution in [2.24, 2.45) is 4.99 Å². The third kappa shape index (κ3) is 8.23. The van der Waals surface area contributed by atoms with Crippen molar-refractivity contribution in [3.8, 4) is 5.75 Å². The van der Waals surface area contributed by atoms with Crippen LogP contribution in [0.2, 0.25) is 0 Å². The largest absolute Gasteiger partial charge is 0.491 e. The molecule has 0 saturated heterocycles. The molecule has 0 unspecified atom stereocenters. The van der Waals surface area contributed by atoms with Crippen LogP contribution in [0.15, 0.2) is 47.5 Å². The Balaban J connectivity index is 1.87. The van der Waals surface area contributed by atoms with E-state index < -0.39 is 0 Å². The third-order valence-corrected chi connectivity index (χ3v) is 4.87. The fourth-order valence-corrected chi connectivity index (χ4v) is 3.14. The standard InChI is InChI=1S/C25H36N4O3/c1-6-31-14-15-32-23-16-19(2)10-11-22(23)18-28-25(26-3)27-13-12-20-8-7-9-21(17-20)24(30)29(4)5/h7-11,16-17H,6,12-15,18H2,1-5H3,(H2,26,27,28). The van der Waals surface area contributed by atoms with E-state index in [1.807, 2.05) is 44.2 Å². The molecule has 7 nitrogen and oxygen atoms in total. The molecule has 2 N–H and O–H groups in total. The smallest absolute Gasteiger partial charge is 0.253 e. The van der Waals surface area contributed by atoms with Crippen molar-refractivity contribution in [2.45, 2.75) is 26.8 Å². The highest BCUT2D eigenvalue weighted by atomic mass is 16.5. The molecular formula is C25H36N4O3. The first-order chi connectivity index (χ1) is 15.4. The van der Waals surface area contributed by atoms with E-state index in [0.29, 0.717) is 44.4 Å². The highest BCUT2D eigenvalue weighted by molar-refractivity contribution is 5.94. The van der Waals surface area contributed by atoms with Crippen molar-refractivity contribution in [1.29, 1.82) is 0 Å². The van der Waals surface area contributed by atoms with Crippen molar-refractivity contribution in [3.63, 3.8) is 0 Å². The number of nitrogens with zero attached hydrogens (tertiary/aromatic N) is 2. The molecule has 0 aliphatic rings. The van der Waals surface area contributed by atoms with Crippen LogP contribution in [0.5, 0.6) is 5.75 Å². The molecule has 0 bridgehead atoms. The van der Waals surface area contributed by atoms with Crippen molar-refractivity contribution in [1.82, 2.24) is 15.5 Å². The van der Waals surface area contributed by atoms with Gasteiger partial charge in [0.2, 0.25) is 0 Å². The summed E-state index contributed by atoms with van der Waals surface area (Å²) in [4.78, 5) is 18.1. The zero-order valence-electron chi connectivity index (χ0n) is 19.9. The van der Waals surface area contributed by atoms with Crippen LogP contribution in [0, 0.1) is 6.92 Å². The Hall–Kier alpha value is -3.06. The average molecular weight is 441 g/mol. The number of carbonyl (C=O) groups is 1. The second-order valence-electron chi connectivity index (χ2n) is 7.66. The number of hydrogen-bond donors (Lipinski definition) is 2. The SMILES string of the molecule is CCOCCOc1cc(C)ccc1CNC(=NC)NCCc1cccc(C(=O)N(C)C)c1. The number of hydrogen-bond acceptors (Lipinski definition) is 4. The Kier molecular flexibility index (Phi) is 10.5. The van der Waals surface area contributed by atoms with Crippen LogP contribution in [-0.4, -0.2) is 64.3 Å². The summed E-state index contributed by atoms with van der Waals surface area (Å²) >= 11 is 0. The Labute approximate surface area is 191 Å². The number of ether oxygens (including phenoxy) is 2. The lowest BCUT2D eigenvalue weighted by Crippen LogP contribution is -2.38. The zero-order chi connectivity index (χ0) is 23.3. The summed E-state index contributed by atoms with van der Waals surface area (Å²) in [7, 11) is 5.27. The predicted molar refractivity (Wildman–Crippen MR) is 130 cm³/mol. The van der Waals surface area contributed by atoms with E-state index >= 15 is 0 Å². The van der Waals surface area contributed by atoms with Gasteiger partial charge in [0, 0.05) is 52.0 Å². The first-order valence-electron chi connectivity index (χ1n) is 11.0. The molecule has 2 aromatic rings. The van der Waals surface area contributed by atoms with Gasteiger partial charge in [-0.15, -0.1) is 0 Å². The van der Waals surface area contributed by atoms with Crippen molar-refractivity contribution in [3.05, 3.63) is 64.7 Å². The molecule has 0 radical (unpaired) electrons. The maximum absolute atomic E-state index is 12.2. The van der Waals surface area contributed by atoms with E-state index in [0.717, 1.165) is 28.9 Å². The van der Waals surface area contributed by atoms with Gasteiger partial charge in [0.05, 0.1) is 6.61 Å². The van der Waals surface area contributed by atoms with Gasteiger partial charge < -0.3 is 25.0 Å². The van der Waals surface area contributed by atoms with Crippen molar-refractivity contribution in [2.75, 3.05) is 47.5 Å². The van der Waals surface area contributed by atoms with E-state index in [2.05, 4.69) is 27.8 Å². The average Bonchev–Trinajstić information content (AvgIpc) is 2.79. The highest BCUT2D eigenvalue weighted by Crippen LogP contribution is 2.20. The Bertz CT molecular complexity index is 897. The molecule has 0 atom stereocenters. The molecule has 0 fully saturated rings. The van der Waals surface area contributed by atoms with Gasteiger partial charge in [-0.2, -0.15) is 0 Å². The second-order valence-corrected chi connectivity index (χ2v) is 7.66. The summed E-state index contributed by atoms with van der Waals surface area (Å²) in [5.74, 6) is 1.58. The predicted octanol–water partition coefficient (Wildman–Crippen LogP) is 3.02. The maximum Gasteiger partial charge on any atom is 0.253 e. The fourth-order valence-electron chi connectivity index (χ4n) is 3.14. The Morgan fingerprint density at radius 2 is 1.91 bits per heavy atom. The topological polar surface area (TPSA) is 75.2 Å². The van der Waals surface area contributed by atoms with Crippen LogP contribution in [0.4, 0.5) is 0 Å². The van der Waals surface area contributed by atoms with E-state index in [1.165, 1.54) is 0 Å². The normalized spacial score (nSPS) is 11.2. The number of aliphatic imine (C=N–C) groups is 1. The lowest BCUT2D eigenvalue weighted by molar-refractivity contribution is 0.0827. The Morgan fingerprint density at radius 3 is 2.62 bits per heavy atom. The van der Waals surface area contributed by atoms with Gasteiger partial charge in [-0.1, -0.05) is 24.3 Å². The first-order valence-corrected chi connectivity index (χ1v) is 11.0. The minimum Gasteiger partial charge on any atom is -0.491 e. The van der Waals surface area contributed by atoms with Crippen molar-refractivity contribution >= 4 is 11.9 Å². The molecule has 0 aliphatic carbocycles. The summed E-state index contributed by atoms with van der Waals surface area (Å²) in [5.41, 5.74) is 4.01.